The van der Waals surface area contributed by atoms with E-state index in [0.717, 1.165) is 47.1 Å². The molecule has 4 aromatic rings. The first kappa shape index (κ1) is 34.2. The first-order chi connectivity index (χ1) is 23.4. The number of hydrogen-bond acceptors (Lipinski definition) is 4. The van der Waals surface area contributed by atoms with Crippen molar-refractivity contribution in [3.8, 4) is 28.8 Å². The Kier molecular flexibility index (Phi) is 11.9. The minimum absolute atomic E-state index is 0.246. The molecule has 5 rings (SSSR count). The van der Waals surface area contributed by atoms with Crippen LogP contribution in [0.25, 0.3) is 34.4 Å². The van der Waals surface area contributed by atoms with E-state index in [2.05, 4.69) is 99.3 Å². The topological polar surface area (TPSA) is 62.5 Å². The Hall–Kier alpha value is -5.11. The Labute approximate surface area is 290 Å². The first-order valence-corrected chi connectivity index (χ1v) is 16.9. The number of nitrogens with zero attached hydrogens (tertiary/aromatic N) is 4. The lowest BCUT2D eigenvalue weighted by atomic mass is 9.82. The monoisotopic (exact) mass is 648 g/mol. The molecule has 1 aliphatic carbocycles. The summed E-state index contributed by atoms with van der Waals surface area (Å²) in [6.45, 7) is 10.1. The van der Waals surface area contributed by atoms with Gasteiger partial charge < -0.3 is 0 Å². The molecule has 1 heterocycles. The molecule has 3 aromatic carbocycles. The number of rotatable bonds is 12. The quantitative estimate of drug-likeness (QED) is 0.0871. The zero-order valence-electron chi connectivity index (χ0n) is 27.9. The number of allylic oxidation sites excluding steroid dienone is 10. The van der Waals surface area contributed by atoms with Gasteiger partial charge in [-0.15, -0.1) is 6.58 Å². The summed E-state index contributed by atoms with van der Waals surface area (Å²) >= 11 is 6.74. The SMILES string of the molecule is C=CCC/C=C/c1ccc(-c2nc(C/C=C\C=C/C)nc(-c3cc(Cl)cc(C4=CCC(c5ccc(C#N)cc5C(C)C)C=C4)c3)n2)cc1. The predicted molar refractivity (Wildman–Crippen MR) is 202 cm³/mol. The molecule has 240 valence electrons. The van der Waals surface area contributed by atoms with Gasteiger partial charge in [-0.2, -0.15) is 5.26 Å². The van der Waals surface area contributed by atoms with Gasteiger partial charge in [0.05, 0.1) is 11.6 Å². The highest BCUT2D eigenvalue weighted by Gasteiger charge is 2.19. The van der Waals surface area contributed by atoms with Gasteiger partial charge in [-0.25, -0.2) is 15.0 Å². The Balaban J connectivity index is 1.45. The molecule has 0 bridgehead atoms. The van der Waals surface area contributed by atoms with Gasteiger partial charge in [-0.1, -0.05) is 117 Å². The molecule has 0 N–H and O–H groups in total. The molecule has 1 unspecified atom stereocenters. The van der Waals surface area contributed by atoms with Crippen LogP contribution in [0.1, 0.15) is 85.5 Å². The summed E-state index contributed by atoms with van der Waals surface area (Å²) in [7, 11) is 0. The van der Waals surface area contributed by atoms with Crippen molar-refractivity contribution in [3.63, 3.8) is 0 Å². The lowest BCUT2D eigenvalue weighted by Crippen LogP contribution is -2.05. The molecule has 0 saturated carbocycles. The van der Waals surface area contributed by atoms with Crippen molar-refractivity contribution in [2.45, 2.75) is 58.3 Å². The second kappa shape index (κ2) is 16.6. The van der Waals surface area contributed by atoms with Gasteiger partial charge in [0.2, 0.25) is 0 Å². The fourth-order valence-electron chi connectivity index (χ4n) is 5.74. The number of benzene rings is 3. The van der Waals surface area contributed by atoms with Crippen LogP contribution in [0.5, 0.6) is 0 Å². The van der Waals surface area contributed by atoms with Crippen molar-refractivity contribution < 1.29 is 0 Å². The predicted octanol–water partition coefficient (Wildman–Crippen LogP) is 11.6. The number of nitriles is 1. The molecule has 48 heavy (non-hydrogen) atoms. The summed E-state index contributed by atoms with van der Waals surface area (Å²) < 4.78 is 0. The molecule has 0 saturated heterocycles. The number of unbranched alkanes of at least 4 members (excludes halogenated alkanes) is 1. The van der Waals surface area contributed by atoms with E-state index in [9.17, 15) is 5.26 Å². The first-order valence-electron chi connectivity index (χ1n) is 16.5. The van der Waals surface area contributed by atoms with Crippen LogP contribution in [-0.4, -0.2) is 15.0 Å². The van der Waals surface area contributed by atoms with Crippen LogP contribution in [0, 0.1) is 11.3 Å². The highest BCUT2D eigenvalue weighted by atomic mass is 35.5. The van der Waals surface area contributed by atoms with Crippen molar-refractivity contribution in [2.24, 2.45) is 0 Å². The molecular weight excluding hydrogens is 608 g/mol. The molecule has 1 atom stereocenters. The molecule has 0 amide bonds. The second-order valence-corrected chi connectivity index (χ2v) is 12.6. The van der Waals surface area contributed by atoms with Gasteiger partial charge in [-0.3, -0.25) is 0 Å². The van der Waals surface area contributed by atoms with E-state index < -0.39 is 0 Å². The maximum absolute atomic E-state index is 9.42. The fourth-order valence-corrected chi connectivity index (χ4v) is 5.98. The van der Waals surface area contributed by atoms with Gasteiger partial charge in [0.15, 0.2) is 11.6 Å². The van der Waals surface area contributed by atoms with Crippen molar-refractivity contribution in [1.29, 1.82) is 5.26 Å². The molecule has 4 nitrogen and oxygen atoms in total. The Bertz CT molecular complexity index is 1950. The standard InChI is InChI=1S/C43H41ClN4/c1-5-7-9-11-13-31-15-18-35(19-16-31)42-46-41(14-12-10-8-6-2)47-43(48-42)37-26-36(27-38(44)28-37)33-20-22-34(23-21-33)39-24-17-32(29-45)25-40(39)30(3)4/h5-6,8,10-13,15-22,24-28,30,34H,1,7,9,14,23H2,2-4H3/b8-6-,12-10-,13-11+. The Morgan fingerprint density at radius 3 is 2.38 bits per heavy atom. The minimum atomic E-state index is 0.246. The number of hydrogen-bond donors (Lipinski definition) is 0. The van der Waals surface area contributed by atoms with E-state index in [4.69, 9.17) is 26.6 Å². The van der Waals surface area contributed by atoms with Crippen LogP contribution >= 0.6 is 11.6 Å². The van der Waals surface area contributed by atoms with Crippen molar-refractivity contribution in [3.05, 3.63) is 161 Å². The smallest absolute Gasteiger partial charge is 0.163 e. The summed E-state index contributed by atoms with van der Waals surface area (Å²) in [4.78, 5) is 14.7. The fraction of sp³-hybridized carbons (Fsp3) is 0.209. The molecule has 1 aromatic heterocycles. The lowest BCUT2D eigenvalue weighted by molar-refractivity contribution is 0.788. The van der Waals surface area contributed by atoms with E-state index in [1.807, 2.05) is 55.5 Å². The van der Waals surface area contributed by atoms with Crippen molar-refractivity contribution >= 4 is 23.3 Å². The molecule has 0 spiro atoms. The molecule has 0 radical (unpaired) electrons. The normalized spacial score (nSPS) is 14.7. The zero-order valence-corrected chi connectivity index (χ0v) is 28.7. The summed E-state index contributed by atoms with van der Waals surface area (Å²) in [5.41, 5.74) is 8.21. The lowest BCUT2D eigenvalue weighted by Gasteiger charge is -2.22. The molecule has 0 aliphatic heterocycles. The van der Waals surface area contributed by atoms with Gasteiger partial charge in [0.25, 0.3) is 0 Å². The average molecular weight is 649 g/mol. The van der Waals surface area contributed by atoms with Crippen LogP contribution in [-0.2, 0) is 6.42 Å². The summed E-state index contributed by atoms with van der Waals surface area (Å²) in [5, 5.41) is 10.0. The second-order valence-electron chi connectivity index (χ2n) is 12.1. The number of halogens is 1. The van der Waals surface area contributed by atoms with E-state index >= 15 is 0 Å². The third-order valence-corrected chi connectivity index (χ3v) is 8.48. The third-order valence-electron chi connectivity index (χ3n) is 8.26. The highest BCUT2D eigenvalue weighted by molar-refractivity contribution is 6.31. The van der Waals surface area contributed by atoms with Crippen molar-refractivity contribution in [2.75, 3.05) is 0 Å². The average Bonchev–Trinajstić information content (AvgIpc) is 3.11. The Morgan fingerprint density at radius 2 is 1.69 bits per heavy atom. The van der Waals surface area contributed by atoms with Crippen molar-refractivity contribution in [1.82, 2.24) is 15.0 Å². The van der Waals surface area contributed by atoms with Gasteiger partial charge in [0, 0.05) is 28.5 Å². The van der Waals surface area contributed by atoms with E-state index in [1.165, 1.54) is 11.1 Å². The molecule has 1 aliphatic rings. The van der Waals surface area contributed by atoms with Crippen LogP contribution in [0.2, 0.25) is 5.02 Å². The summed E-state index contributed by atoms with van der Waals surface area (Å²) in [6.07, 6.45) is 24.3. The Morgan fingerprint density at radius 1 is 0.917 bits per heavy atom. The van der Waals surface area contributed by atoms with Crippen LogP contribution in [0.3, 0.4) is 0 Å². The molecule has 5 heteroatoms. The minimum Gasteiger partial charge on any atom is -0.213 e. The van der Waals surface area contributed by atoms with E-state index in [-0.39, 0.29) is 5.92 Å². The summed E-state index contributed by atoms with van der Waals surface area (Å²) in [6, 6.07) is 22.6. The maximum atomic E-state index is 9.42. The highest BCUT2D eigenvalue weighted by Crippen LogP contribution is 2.36. The van der Waals surface area contributed by atoms with Gasteiger partial charge >= 0.3 is 0 Å². The van der Waals surface area contributed by atoms with Crippen LogP contribution < -0.4 is 0 Å². The summed E-state index contributed by atoms with van der Waals surface area (Å²) in [5.74, 6) is 2.48. The van der Waals surface area contributed by atoms with Gasteiger partial charge in [-0.05, 0) is 90.3 Å². The third kappa shape index (κ3) is 8.82. The molecular formula is C43H41ClN4. The van der Waals surface area contributed by atoms with Gasteiger partial charge in [0.1, 0.15) is 5.82 Å². The molecule has 0 fully saturated rings. The van der Waals surface area contributed by atoms with Crippen LogP contribution in [0.15, 0.2) is 122 Å². The zero-order chi connectivity index (χ0) is 33.9. The van der Waals surface area contributed by atoms with E-state index in [0.29, 0.717) is 40.4 Å². The largest absolute Gasteiger partial charge is 0.213 e. The maximum Gasteiger partial charge on any atom is 0.163 e. The van der Waals surface area contributed by atoms with Crippen LogP contribution in [0.4, 0.5) is 0 Å². The van der Waals surface area contributed by atoms with E-state index in [1.54, 1.807) is 0 Å². The number of aromatic nitrogens is 3.